The summed E-state index contributed by atoms with van der Waals surface area (Å²) in [6.07, 6.45) is 2.21. The van der Waals surface area contributed by atoms with Crippen molar-refractivity contribution >= 4 is 23.2 Å². The van der Waals surface area contributed by atoms with E-state index < -0.39 is 0 Å². The summed E-state index contributed by atoms with van der Waals surface area (Å²) in [5.41, 5.74) is 6.45. The normalized spacial score (nSPS) is 20.0. The molecular formula is C13H18ClN3O. The standard InChI is InChI=1S/C13H18ClN3O/c14-10-3-5-11(6-4-10)16-13(18)9-17-7-1-2-12(17)8-15/h3-6,12H,1-2,7-9,15H2,(H,16,18). The third kappa shape index (κ3) is 3.45. The predicted octanol–water partition coefficient (Wildman–Crippen LogP) is 1.70. The van der Waals surface area contributed by atoms with Crippen LogP contribution < -0.4 is 11.1 Å². The van der Waals surface area contributed by atoms with E-state index in [2.05, 4.69) is 10.2 Å². The van der Waals surface area contributed by atoms with Gasteiger partial charge in [-0.25, -0.2) is 0 Å². The molecule has 0 radical (unpaired) electrons. The highest BCUT2D eigenvalue weighted by atomic mass is 35.5. The number of halogens is 1. The highest BCUT2D eigenvalue weighted by molar-refractivity contribution is 6.30. The minimum absolute atomic E-state index is 0.00216. The molecule has 98 valence electrons. The van der Waals surface area contributed by atoms with Gasteiger partial charge in [0.15, 0.2) is 0 Å². The van der Waals surface area contributed by atoms with Gasteiger partial charge in [-0.15, -0.1) is 0 Å². The summed E-state index contributed by atoms with van der Waals surface area (Å²) in [6.45, 7) is 1.98. The van der Waals surface area contributed by atoms with Gasteiger partial charge in [0.05, 0.1) is 6.54 Å². The maximum absolute atomic E-state index is 11.9. The topological polar surface area (TPSA) is 58.4 Å². The van der Waals surface area contributed by atoms with Gasteiger partial charge in [0.1, 0.15) is 0 Å². The highest BCUT2D eigenvalue weighted by Crippen LogP contribution is 2.16. The van der Waals surface area contributed by atoms with Gasteiger partial charge < -0.3 is 11.1 Å². The lowest BCUT2D eigenvalue weighted by Gasteiger charge is -2.22. The molecule has 1 saturated heterocycles. The molecule has 1 amide bonds. The maximum Gasteiger partial charge on any atom is 0.238 e. The molecule has 5 heteroatoms. The van der Waals surface area contributed by atoms with Crippen LogP contribution in [0.25, 0.3) is 0 Å². The van der Waals surface area contributed by atoms with Crippen LogP contribution in [0.4, 0.5) is 5.69 Å². The molecule has 3 N–H and O–H groups in total. The fraction of sp³-hybridized carbons (Fsp3) is 0.462. The highest BCUT2D eigenvalue weighted by Gasteiger charge is 2.24. The number of carbonyl (C=O) groups excluding carboxylic acids is 1. The number of carbonyl (C=O) groups is 1. The molecule has 0 spiro atoms. The fourth-order valence-corrected chi connectivity index (χ4v) is 2.41. The molecule has 2 rings (SSSR count). The zero-order chi connectivity index (χ0) is 13.0. The van der Waals surface area contributed by atoms with Crippen molar-refractivity contribution in [1.29, 1.82) is 0 Å². The largest absolute Gasteiger partial charge is 0.329 e. The molecule has 1 heterocycles. The van der Waals surface area contributed by atoms with Gasteiger partial charge in [-0.2, -0.15) is 0 Å². The zero-order valence-corrected chi connectivity index (χ0v) is 11.0. The van der Waals surface area contributed by atoms with Crippen LogP contribution in [0.3, 0.4) is 0 Å². The van der Waals surface area contributed by atoms with Crippen LogP contribution in [-0.4, -0.2) is 36.5 Å². The first-order valence-corrected chi connectivity index (χ1v) is 6.56. The van der Waals surface area contributed by atoms with Crippen molar-refractivity contribution in [3.63, 3.8) is 0 Å². The lowest BCUT2D eigenvalue weighted by molar-refractivity contribution is -0.117. The smallest absolute Gasteiger partial charge is 0.238 e. The van der Waals surface area contributed by atoms with Gasteiger partial charge in [0.25, 0.3) is 0 Å². The first-order chi connectivity index (χ1) is 8.69. The van der Waals surface area contributed by atoms with E-state index in [4.69, 9.17) is 17.3 Å². The molecule has 18 heavy (non-hydrogen) atoms. The number of nitrogens with one attached hydrogen (secondary N) is 1. The summed E-state index contributed by atoms with van der Waals surface area (Å²) in [5, 5.41) is 3.52. The summed E-state index contributed by atoms with van der Waals surface area (Å²) in [4.78, 5) is 14.0. The second-order valence-electron chi connectivity index (χ2n) is 4.56. The Bertz CT molecular complexity index is 407. The molecule has 1 fully saturated rings. The van der Waals surface area contributed by atoms with Gasteiger partial charge >= 0.3 is 0 Å². The van der Waals surface area contributed by atoms with Gasteiger partial charge in [0.2, 0.25) is 5.91 Å². The number of anilines is 1. The molecule has 0 aliphatic carbocycles. The van der Waals surface area contributed by atoms with Crippen LogP contribution in [0.15, 0.2) is 24.3 Å². The summed E-state index contributed by atoms with van der Waals surface area (Å²) in [6, 6.07) is 7.46. The summed E-state index contributed by atoms with van der Waals surface area (Å²) >= 11 is 5.79. The number of benzene rings is 1. The summed E-state index contributed by atoms with van der Waals surface area (Å²) < 4.78 is 0. The van der Waals surface area contributed by atoms with E-state index in [0.29, 0.717) is 24.2 Å². The monoisotopic (exact) mass is 267 g/mol. The Balaban J connectivity index is 1.86. The Morgan fingerprint density at radius 2 is 2.17 bits per heavy atom. The van der Waals surface area contributed by atoms with E-state index in [0.717, 1.165) is 25.1 Å². The number of likely N-dealkylation sites (tertiary alicyclic amines) is 1. The second kappa shape index (κ2) is 6.18. The van der Waals surface area contributed by atoms with Crippen molar-refractivity contribution in [2.75, 3.05) is 25.0 Å². The average molecular weight is 268 g/mol. The second-order valence-corrected chi connectivity index (χ2v) is 4.99. The molecule has 1 aliphatic rings. The SMILES string of the molecule is NCC1CCCN1CC(=O)Nc1ccc(Cl)cc1. The van der Waals surface area contributed by atoms with Crippen LogP contribution in [0.5, 0.6) is 0 Å². The number of hydrogen-bond acceptors (Lipinski definition) is 3. The quantitative estimate of drug-likeness (QED) is 0.873. The van der Waals surface area contributed by atoms with E-state index in [-0.39, 0.29) is 5.91 Å². The molecule has 0 saturated carbocycles. The molecule has 1 aliphatic heterocycles. The van der Waals surface area contributed by atoms with Crippen LogP contribution in [0.2, 0.25) is 5.02 Å². The third-order valence-corrected chi connectivity index (χ3v) is 3.50. The van der Waals surface area contributed by atoms with Gasteiger partial charge in [-0.3, -0.25) is 9.69 Å². The Kier molecular flexibility index (Phi) is 4.58. The minimum atomic E-state index is -0.00216. The Morgan fingerprint density at radius 3 is 2.83 bits per heavy atom. The lowest BCUT2D eigenvalue weighted by atomic mass is 10.2. The molecule has 0 aromatic heterocycles. The zero-order valence-electron chi connectivity index (χ0n) is 10.2. The van der Waals surface area contributed by atoms with E-state index in [9.17, 15) is 4.79 Å². The predicted molar refractivity (Wildman–Crippen MR) is 73.7 cm³/mol. The van der Waals surface area contributed by atoms with E-state index in [1.165, 1.54) is 0 Å². The number of amides is 1. The molecule has 4 nitrogen and oxygen atoms in total. The molecule has 1 aromatic rings. The van der Waals surface area contributed by atoms with Crippen LogP contribution in [-0.2, 0) is 4.79 Å². The van der Waals surface area contributed by atoms with Gasteiger partial charge in [-0.1, -0.05) is 11.6 Å². The van der Waals surface area contributed by atoms with Crippen molar-refractivity contribution in [2.24, 2.45) is 5.73 Å². The van der Waals surface area contributed by atoms with Crippen molar-refractivity contribution in [3.05, 3.63) is 29.3 Å². The number of rotatable bonds is 4. The summed E-state index contributed by atoms with van der Waals surface area (Å²) in [7, 11) is 0. The maximum atomic E-state index is 11.9. The first kappa shape index (κ1) is 13.3. The van der Waals surface area contributed by atoms with Crippen LogP contribution >= 0.6 is 11.6 Å². The van der Waals surface area contributed by atoms with Crippen molar-refractivity contribution in [1.82, 2.24) is 4.90 Å². The van der Waals surface area contributed by atoms with Gasteiger partial charge in [-0.05, 0) is 43.7 Å². The van der Waals surface area contributed by atoms with Crippen molar-refractivity contribution in [3.8, 4) is 0 Å². The number of nitrogens with two attached hydrogens (primary N) is 1. The number of hydrogen-bond donors (Lipinski definition) is 2. The third-order valence-electron chi connectivity index (χ3n) is 3.25. The molecule has 1 unspecified atom stereocenters. The van der Waals surface area contributed by atoms with E-state index >= 15 is 0 Å². The summed E-state index contributed by atoms with van der Waals surface area (Å²) in [5.74, 6) is -0.00216. The molecule has 0 bridgehead atoms. The Labute approximate surface area is 112 Å². The molecule has 1 aromatic carbocycles. The van der Waals surface area contributed by atoms with Gasteiger partial charge in [0, 0.05) is 23.3 Å². The number of nitrogens with zero attached hydrogens (tertiary/aromatic N) is 1. The Hall–Kier alpha value is -1.10. The van der Waals surface area contributed by atoms with Crippen molar-refractivity contribution in [2.45, 2.75) is 18.9 Å². The van der Waals surface area contributed by atoms with Crippen LogP contribution in [0.1, 0.15) is 12.8 Å². The van der Waals surface area contributed by atoms with E-state index in [1.807, 2.05) is 0 Å². The minimum Gasteiger partial charge on any atom is -0.329 e. The van der Waals surface area contributed by atoms with Crippen molar-refractivity contribution < 1.29 is 4.79 Å². The van der Waals surface area contributed by atoms with E-state index in [1.54, 1.807) is 24.3 Å². The average Bonchev–Trinajstić information content (AvgIpc) is 2.79. The Morgan fingerprint density at radius 1 is 1.44 bits per heavy atom. The first-order valence-electron chi connectivity index (χ1n) is 6.18. The molecule has 1 atom stereocenters. The molecular weight excluding hydrogens is 250 g/mol. The lowest BCUT2D eigenvalue weighted by Crippen LogP contribution is -2.40. The fourth-order valence-electron chi connectivity index (χ4n) is 2.29. The van der Waals surface area contributed by atoms with Crippen LogP contribution in [0, 0.1) is 0 Å².